The molecule has 0 amide bonds. The van der Waals surface area contributed by atoms with E-state index in [2.05, 4.69) is 56.4 Å². The Morgan fingerprint density at radius 1 is 1.10 bits per heavy atom. The summed E-state index contributed by atoms with van der Waals surface area (Å²) in [6.45, 7) is 9.10. The number of benzene rings is 1. The predicted octanol–water partition coefficient (Wildman–Crippen LogP) is 4.47. The molecule has 0 bridgehead atoms. The van der Waals surface area contributed by atoms with Crippen molar-refractivity contribution in [2.24, 2.45) is 0 Å². The fourth-order valence-corrected chi connectivity index (χ4v) is 5.34. The molecular formula is C18H26OSi. The van der Waals surface area contributed by atoms with E-state index in [4.69, 9.17) is 0 Å². The molecule has 0 fully saturated rings. The third-order valence-corrected chi connectivity index (χ3v) is 7.00. The molecule has 0 radical (unpaired) electrons. The van der Waals surface area contributed by atoms with Gasteiger partial charge in [-0.05, 0) is 38.8 Å². The molecule has 1 aromatic rings. The first-order valence-electron chi connectivity index (χ1n) is 7.28. The zero-order valence-electron chi connectivity index (χ0n) is 13.1. The van der Waals surface area contributed by atoms with Crippen LogP contribution in [0.4, 0.5) is 0 Å². The summed E-state index contributed by atoms with van der Waals surface area (Å²) in [5.41, 5.74) is 2.63. The van der Waals surface area contributed by atoms with Crippen molar-refractivity contribution in [2.45, 2.75) is 45.8 Å². The largest absolute Gasteiger partial charge is 0.299 e. The second-order valence-electron chi connectivity index (χ2n) is 6.16. The van der Waals surface area contributed by atoms with Gasteiger partial charge < -0.3 is 0 Å². The van der Waals surface area contributed by atoms with E-state index in [0.717, 1.165) is 24.7 Å². The maximum absolute atomic E-state index is 10.4. The molecule has 1 aromatic carbocycles. The summed E-state index contributed by atoms with van der Waals surface area (Å²) in [5, 5.41) is 1.52. The molecule has 0 heterocycles. The first-order valence-corrected chi connectivity index (χ1v) is 10.5. The Labute approximate surface area is 124 Å². The minimum absolute atomic E-state index is 0.872. The van der Waals surface area contributed by atoms with Gasteiger partial charge in [0.15, 0.2) is 0 Å². The Morgan fingerprint density at radius 2 is 1.75 bits per heavy atom. The van der Waals surface area contributed by atoms with Crippen LogP contribution in [0, 0.1) is 0 Å². The van der Waals surface area contributed by atoms with E-state index < -0.39 is 8.07 Å². The first kappa shape index (κ1) is 16.6. The maximum atomic E-state index is 10.4. The number of aldehydes is 1. The smallest absolute Gasteiger partial charge is 0.142 e. The maximum Gasteiger partial charge on any atom is 0.142 e. The first-order chi connectivity index (χ1) is 9.45. The minimum atomic E-state index is -1.37. The van der Waals surface area contributed by atoms with Gasteiger partial charge >= 0.3 is 0 Å². The molecular weight excluding hydrogens is 260 g/mol. The van der Waals surface area contributed by atoms with Crippen molar-refractivity contribution in [3.05, 3.63) is 53.6 Å². The molecule has 0 N–H and O–H groups in total. The topological polar surface area (TPSA) is 17.1 Å². The molecule has 0 aromatic heterocycles. The molecule has 1 rings (SSSR count). The van der Waals surface area contributed by atoms with Gasteiger partial charge in [0, 0.05) is 0 Å². The molecule has 20 heavy (non-hydrogen) atoms. The summed E-state index contributed by atoms with van der Waals surface area (Å²) in [6.07, 6.45) is 6.87. The zero-order chi connectivity index (χ0) is 15.0. The lowest BCUT2D eigenvalue weighted by atomic mass is 10.1. The van der Waals surface area contributed by atoms with Crippen LogP contribution in [0.5, 0.6) is 0 Å². The van der Waals surface area contributed by atoms with Crippen LogP contribution in [0.3, 0.4) is 0 Å². The Bertz CT molecular complexity index is 483. The van der Waals surface area contributed by atoms with Crippen LogP contribution >= 0.6 is 0 Å². The zero-order valence-corrected chi connectivity index (χ0v) is 14.1. The van der Waals surface area contributed by atoms with Crippen molar-refractivity contribution < 1.29 is 4.79 Å². The Morgan fingerprint density at radius 3 is 2.35 bits per heavy atom. The lowest BCUT2D eigenvalue weighted by molar-refractivity contribution is -0.104. The van der Waals surface area contributed by atoms with Crippen LogP contribution in [-0.4, -0.2) is 14.4 Å². The highest BCUT2D eigenvalue weighted by Gasteiger charge is 2.22. The van der Waals surface area contributed by atoms with E-state index in [1.807, 2.05) is 6.92 Å². The fraction of sp³-hybridized carbons (Fsp3) is 0.389. The third-order valence-electron chi connectivity index (χ3n) is 3.66. The molecule has 0 aliphatic rings. The van der Waals surface area contributed by atoms with Crippen molar-refractivity contribution >= 4 is 19.5 Å². The average Bonchev–Trinajstić information content (AvgIpc) is 2.39. The molecule has 0 aliphatic carbocycles. The number of carbonyl (C=O) groups excluding carboxylic acids is 1. The summed E-state index contributed by atoms with van der Waals surface area (Å²) in [6, 6.07) is 12.1. The second-order valence-corrected chi connectivity index (χ2v) is 10.9. The lowest BCUT2D eigenvalue weighted by Gasteiger charge is -2.23. The van der Waals surface area contributed by atoms with Crippen LogP contribution in [0.2, 0.25) is 19.1 Å². The van der Waals surface area contributed by atoms with E-state index in [1.54, 1.807) is 6.08 Å². The van der Waals surface area contributed by atoms with E-state index in [1.165, 1.54) is 16.8 Å². The van der Waals surface area contributed by atoms with Crippen LogP contribution in [-0.2, 0) is 4.79 Å². The summed E-state index contributed by atoms with van der Waals surface area (Å²) < 4.78 is 0. The molecule has 1 nitrogen and oxygen atoms in total. The SMILES string of the molecule is C/C(=C\C=O)CC/C=C(\C)C[Si](C)(C)c1ccccc1. The summed E-state index contributed by atoms with van der Waals surface area (Å²) in [4.78, 5) is 10.4. The monoisotopic (exact) mass is 286 g/mol. The van der Waals surface area contributed by atoms with E-state index in [9.17, 15) is 4.79 Å². The van der Waals surface area contributed by atoms with E-state index in [0.29, 0.717) is 0 Å². The van der Waals surface area contributed by atoms with Crippen LogP contribution < -0.4 is 5.19 Å². The van der Waals surface area contributed by atoms with Gasteiger partial charge in [0.05, 0.1) is 8.07 Å². The number of carbonyl (C=O) groups is 1. The molecule has 0 atom stereocenters. The van der Waals surface area contributed by atoms with Crippen LogP contribution in [0.1, 0.15) is 26.7 Å². The number of rotatable bonds is 7. The number of hydrogen-bond acceptors (Lipinski definition) is 1. The van der Waals surface area contributed by atoms with Crippen molar-refractivity contribution in [1.82, 2.24) is 0 Å². The Balaban J connectivity index is 2.58. The highest BCUT2D eigenvalue weighted by Crippen LogP contribution is 2.18. The van der Waals surface area contributed by atoms with Gasteiger partial charge in [-0.15, -0.1) is 0 Å². The number of allylic oxidation sites excluding steroid dienone is 4. The van der Waals surface area contributed by atoms with Gasteiger partial charge in [-0.3, -0.25) is 4.79 Å². The molecule has 0 saturated carbocycles. The predicted molar refractivity (Wildman–Crippen MR) is 91.2 cm³/mol. The van der Waals surface area contributed by atoms with Gasteiger partial charge in [-0.2, -0.15) is 0 Å². The standard InChI is InChI=1S/C18H26OSi/c1-16(13-14-19)9-8-10-17(2)15-20(3,4)18-11-6-5-7-12-18/h5-7,10-14H,8-9,15H2,1-4H3/b16-13+,17-10+. The molecule has 0 unspecified atom stereocenters. The normalized spacial score (nSPS) is 13.4. The number of hydrogen-bond donors (Lipinski definition) is 0. The summed E-state index contributed by atoms with van der Waals surface area (Å²) in [5.74, 6) is 0. The molecule has 0 aliphatic heterocycles. The lowest BCUT2D eigenvalue weighted by Crippen LogP contribution is -2.41. The molecule has 0 saturated heterocycles. The van der Waals surface area contributed by atoms with Crippen molar-refractivity contribution in [1.29, 1.82) is 0 Å². The van der Waals surface area contributed by atoms with Crippen molar-refractivity contribution in [2.75, 3.05) is 0 Å². The van der Waals surface area contributed by atoms with Gasteiger partial charge in [0.1, 0.15) is 6.29 Å². The van der Waals surface area contributed by atoms with Gasteiger partial charge in [-0.1, -0.05) is 65.8 Å². The van der Waals surface area contributed by atoms with E-state index >= 15 is 0 Å². The fourth-order valence-electron chi connectivity index (χ4n) is 2.51. The molecule has 2 heteroatoms. The third kappa shape index (κ3) is 5.70. The summed E-state index contributed by atoms with van der Waals surface area (Å²) >= 11 is 0. The molecule has 0 spiro atoms. The van der Waals surface area contributed by atoms with Crippen molar-refractivity contribution in [3.63, 3.8) is 0 Å². The Kier molecular flexibility index (Phi) is 6.66. The second kappa shape index (κ2) is 8.00. The van der Waals surface area contributed by atoms with Gasteiger partial charge in [0.2, 0.25) is 0 Å². The summed E-state index contributed by atoms with van der Waals surface area (Å²) in [7, 11) is -1.37. The van der Waals surface area contributed by atoms with Gasteiger partial charge in [-0.25, -0.2) is 0 Å². The van der Waals surface area contributed by atoms with Crippen LogP contribution in [0.25, 0.3) is 0 Å². The van der Waals surface area contributed by atoms with Crippen LogP contribution in [0.15, 0.2) is 53.6 Å². The quantitative estimate of drug-likeness (QED) is 0.313. The molecule has 108 valence electrons. The Hall–Kier alpha value is -1.41. The minimum Gasteiger partial charge on any atom is -0.299 e. The highest BCUT2D eigenvalue weighted by atomic mass is 28.3. The highest BCUT2D eigenvalue weighted by molar-refractivity contribution is 6.90. The van der Waals surface area contributed by atoms with Gasteiger partial charge in [0.25, 0.3) is 0 Å². The van der Waals surface area contributed by atoms with E-state index in [-0.39, 0.29) is 0 Å². The average molecular weight is 286 g/mol. The van der Waals surface area contributed by atoms with Crippen molar-refractivity contribution in [3.8, 4) is 0 Å².